The molecular weight excluding hydrogens is 447 g/mol. The Hall–Kier alpha value is -3.26. The predicted molar refractivity (Wildman–Crippen MR) is 132 cm³/mol. The van der Waals surface area contributed by atoms with Crippen LogP contribution >= 0.6 is 0 Å². The minimum atomic E-state index is -1.53. The highest BCUT2D eigenvalue weighted by molar-refractivity contribution is 6.10. The van der Waals surface area contributed by atoms with Gasteiger partial charge >= 0.3 is 0 Å². The molecule has 2 fully saturated rings. The number of benzene rings is 2. The molecule has 7 nitrogen and oxygen atoms in total. The highest BCUT2D eigenvalue weighted by atomic mass is 19.1. The highest BCUT2D eigenvalue weighted by Gasteiger charge is 2.55. The third kappa shape index (κ3) is 4.93. The number of hydrogen-bond donors (Lipinski definition) is 0. The smallest absolute Gasteiger partial charge is 0.241 e. The van der Waals surface area contributed by atoms with Gasteiger partial charge in [0.25, 0.3) is 0 Å². The Kier molecular flexibility index (Phi) is 7.21. The maximum Gasteiger partial charge on any atom is 0.241 e. The minimum Gasteiger partial charge on any atom is -0.368 e. The lowest BCUT2D eigenvalue weighted by molar-refractivity contribution is -0.143. The van der Waals surface area contributed by atoms with Crippen LogP contribution in [0, 0.1) is 5.82 Å². The average molecular weight is 481 g/mol. The molecule has 2 aromatic rings. The third-order valence-electron chi connectivity index (χ3n) is 7.09. The molecule has 0 radical (unpaired) electrons. The Bertz CT molecular complexity index is 1090. The number of carbonyl (C=O) groups excluding carboxylic acids is 3. The van der Waals surface area contributed by atoms with Gasteiger partial charge in [0, 0.05) is 62.9 Å². The number of anilines is 1. The molecule has 0 spiro atoms. The standard InChI is InChI=1S/C27H33FN4O3/c1-20-19-30(21-9-5-4-6-10-21)14-16-31(20)24(33)17-27(22-11-7-8-12-23(22)28)18-25(34)32(26(27)35)15-13-29(2)3/h4-12,20H,13-19H2,1-3H3. The number of nitrogens with zero attached hydrogens (tertiary/aromatic N) is 4. The Labute approximate surface area is 206 Å². The molecule has 8 heteroatoms. The van der Waals surface area contributed by atoms with Crippen LogP contribution in [0.5, 0.6) is 0 Å². The number of para-hydroxylation sites is 1. The molecule has 0 bridgehead atoms. The van der Waals surface area contributed by atoms with Crippen molar-refractivity contribution in [1.29, 1.82) is 0 Å². The molecule has 2 saturated heterocycles. The first-order chi connectivity index (χ1) is 16.7. The van der Waals surface area contributed by atoms with E-state index in [9.17, 15) is 14.4 Å². The fraction of sp³-hybridized carbons (Fsp3) is 0.444. The zero-order chi connectivity index (χ0) is 25.2. The van der Waals surface area contributed by atoms with E-state index in [1.54, 1.807) is 17.0 Å². The summed E-state index contributed by atoms with van der Waals surface area (Å²) in [5, 5.41) is 0. The van der Waals surface area contributed by atoms with Gasteiger partial charge in [-0.15, -0.1) is 0 Å². The van der Waals surface area contributed by atoms with Crippen molar-refractivity contribution >= 4 is 23.4 Å². The second kappa shape index (κ2) is 10.2. The molecule has 2 atom stereocenters. The van der Waals surface area contributed by atoms with Gasteiger partial charge < -0.3 is 14.7 Å². The maximum absolute atomic E-state index is 15.0. The summed E-state index contributed by atoms with van der Waals surface area (Å²) in [5.74, 6) is -1.66. The summed E-state index contributed by atoms with van der Waals surface area (Å²) in [5.41, 5.74) is -0.306. The van der Waals surface area contributed by atoms with Crippen molar-refractivity contribution in [2.24, 2.45) is 0 Å². The zero-order valence-electron chi connectivity index (χ0n) is 20.6. The van der Waals surface area contributed by atoms with Crippen molar-refractivity contribution in [3.63, 3.8) is 0 Å². The fourth-order valence-electron chi connectivity index (χ4n) is 5.18. The molecule has 0 aliphatic carbocycles. The first-order valence-electron chi connectivity index (χ1n) is 12.1. The van der Waals surface area contributed by atoms with Crippen LogP contribution in [-0.4, -0.2) is 85.3 Å². The number of halogens is 1. The maximum atomic E-state index is 15.0. The quantitative estimate of drug-likeness (QED) is 0.570. The average Bonchev–Trinajstić information content (AvgIpc) is 3.07. The SMILES string of the molecule is CC1CN(c2ccccc2)CCN1C(=O)CC1(c2ccccc2F)CC(=O)N(CCN(C)C)C1=O. The van der Waals surface area contributed by atoms with Gasteiger partial charge in [0.1, 0.15) is 5.82 Å². The topological polar surface area (TPSA) is 64.2 Å². The van der Waals surface area contributed by atoms with Gasteiger partial charge in [0.2, 0.25) is 17.7 Å². The number of likely N-dealkylation sites (tertiary alicyclic amines) is 1. The zero-order valence-corrected chi connectivity index (χ0v) is 20.6. The van der Waals surface area contributed by atoms with E-state index < -0.39 is 17.1 Å². The monoisotopic (exact) mass is 480 g/mol. The van der Waals surface area contributed by atoms with Gasteiger partial charge in [-0.05, 0) is 39.2 Å². The van der Waals surface area contributed by atoms with E-state index in [1.807, 2.05) is 56.3 Å². The van der Waals surface area contributed by atoms with Crippen LogP contribution in [0.15, 0.2) is 54.6 Å². The van der Waals surface area contributed by atoms with Gasteiger partial charge in [-0.25, -0.2) is 4.39 Å². The van der Waals surface area contributed by atoms with Crippen molar-refractivity contribution in [3.8, 4) is 0 Å². The van der Waals surface area contributed by atoms with Crippen LogP contribution in [0.4, 0.5) is 10.1 Å². The van der Waals surface area contributed by atoms with Crippen molar-refractivity contribution in [2.75, 3.05) is 51.7 Å². The van der Waals surface area contributed by atoms with Crippen molar-refractivity contribution in [2.45, 2.75) is 31.2 Å². The van der Waals surface area contributed by atoms with Crippen LogP contribution in [0.25, 0.3) is 0 Å². The molecule has 2 aromatic carbocycles. The summed E-state index contributed by atoms with van der Waals surface area (Å²) in [6, 6.07) is 15.9. The van der Waals surface area contributed by atoms with Gasteiger partial charge in [-0.1, -0.05) is 36.4 Å². The molecule has 2 unspecified atom stereocenters. The number of piperazine rings is 1. The largest absolute Gasteiger partial charge is 0.368 e. The van der Waals surface area contributed by atoms with Gasteiger partial charge in [0.05, 0.1) is 5.41 Å². The van der Waals surface area contributed by atoms with E-state index in [-0.39, 0.29) is 42.8 Å². The van der Waals surface area contributed by atoms with Gasteiger partial charge in [0.15, 0.2) is 0 Å². The molecular formula is C27H33FN4O3. The molecule has 0 N–H and O–H groups in total. The first-order valence-corrected chi connectivity index (χ1v) is 12.1. The predicted octanol–water partition coefficient (Wildman–Crippen LogP) is 2.51. The summed E-state index contributed by atoms with van der Waals surface area (Å²) in [7, 11) is 3.71. The summed E-state index contributed by atoms with van der Waals surface area (Å²) < 4.78 is 15.0. The Morgan fingerprint density at radius 3 is 2.40 bits per heavy atom. The fourth-order valence-corrected chi connectivity index (χ4v) is 5.18. The third-order valence-corrected chi connectivity index (χ3v) is 7.09. The summed E-state index contributed by atoms with van der Waals surface area (Å²) in [6.45, 7) is 4.50. The number of hydrogen-bond acceptors (Lipinski definition) is 5. The molecule has 2 aliphatic rings. The van der Waals surface area contributed by atoms with E-state index in [0.717, 1.165) is 5.69 Å². The Morgan fingerprint density at radius 1 is 1.06 bits per heavy atom. The van der Waals surface area contributed by atoms with Crippen LogP contribution < -0.4 is 4.90 Å². The van der Waals surface area contributed by atoms with Crippen molar-refractivity contribution in [3.05, 3.63) is 66.0 Å². The number of rotatable bonds is 7. The second-order valence-electron chi connectivity index (χ2n) is 9.79. The Balaban J connectivity index is 1.58. The van der Waals surface area contributed by atoms with Crippen molar-refractivity contribution in [1.82, 2.24) is 14.7 Å². The van der Waals surface area contributed by atoms with Gasteiger partial charge in [-0.2, -0.15) is 0 Å². The summed E-state index contributed by atoms with van der Waals surface area (Å²) in [4.78, 5) is 47.3. The van der Waals surface area contributed by atoms with Crippen LogP contribution in [-0.2, 0) is 19.8 Å². The number of imide groups is 1. The lowest BCUT2D eigenvalue weighted by Crippen LogP contribution is -2.55. The first kappa shape index (κ1) is 24.9. The molecule has 4 rings (SSSR count). The van der Waals surface area contributed by atoms with Crippen LogP contribution in [0.3, 0.4) is 0 Å². The van der Waals surface area contributed by atoms with E-state index in [0.29, 0.717) is 26.2 Å². The van der Waals surface area contributed by atoms with E-state index in [4.69, 9.17) is 0 Å². The van der Waals surface area contributed by atoms with E-state index >= 15 is 4.39 Å². The number of carbonyl (C=O) groups is 3. The van der Waals surface area contributed by atoms with Gasteiger partial charge in [-0.3, -0.25) is 19.3 Å². The normalized spacial score (nSPS) is 22.9. The minimum absolute atomic E-state index is 0.0915. The molecule has 2 aliphatic heterocycles. The highest BCUT2D eigenvalue weighted by Crippen LogP contribution is 2.41. The van der Waals surface area contributed by atoms with Crippen molar-refractivity contribution < 1.29 is 18.8 Å². The lowest BCUT2D eigenvalue weighted by Gasteiger charge is -2.42. The van der Waals surface area contributed by atoms with E-state index in [1.165, 1.54) is 17.0 Å². The Morgan fingerprint density at radius 2 is 1.74 bits per heavy atom. The number of amides is 3. The summed E-state index contributed by atoms with van der Waals surface area (Å²) >= 11 is 0. The molecule has 0 aromatic heterocycles. The van der Waals surface area contributed by atoms with Crippen LogP contribution in [0.2, 0.25) is 0 Å². The summed E-state index contributed by atoms with van der Waals surface area (Å²) in [6.07, 6.45) is -0.434. The van der Waals surface area contributed by atoms with E-state index in [2.05, 4.69) is 4.90 Å². The lowest BCUT2D eigenvalue weighted by atomic mass is 9.75. The van der Waals surface area contributed by atoms with Crippen LogP contribution in [0.1, 0.15) is 25.3 Å². The molecule has 35 heavy (non-hydrogen) atoms. The molecule has 3 amide bonds. The molecule has 2 heterocycles. The second-order valence-corrected chi connectivity index (χ2v) is 9.79. The molecule has 186 valence electrons. The number of likely N-dealkylation sites (N-methyl/N-ethyl adjacent to an activating group) is 1. The molecule has 0 saturated carbocycles.